The number of hydrogen-bond acceptors (Lipinski definition) is 5. The third-order valence-corrected chi connectivity index (χ3v) is 5.94. The van der Waals surface area contributed by atoms with Gasteiger partial charge in [0.15, 0.2) is 5.54 Å². The van der Waals surface area contributed by atoms with Gasteiger partial charge in [-0.15, -0.1) is 0 Å². The summed E-state index contributed by atoms with van der Waals surface area (Å²) in [5.41, 5.74) is -0.854. The zero-order valence-electron chi connectivity index (χ0n) is 16.1. The summed E-state index contributed by atoms with van der Waals surface area (Å²) in [6.45, 7) is 1.88. The van der Waals surface area contributed by atoms with Crippen molar-refractivity contribution in [3.05, 3.63) is 71.5 Å². The summed E-state index contributed by atoms with van der Waals surface area (Å²) >= 11 is 0. The van der Waals surface area contributed by atoms with E-state index in [0.717, 1.165) is 4.90 Å². The number of nitrogens with one attached hydrogen (secondary N) is 1. The number of carbonyl (C=O) groups excluding carboxylic acids is 3. The molecule has 0 aromatic heterocycles. The van der Waals surface area contributed by atoms with E-state index in [9.17, 15) is 18.8 Å². The van der Waals surface area contributed by atoms with E-state index in [0.29, 0.717) is 5.56 Å². The summed E-state index contributed by atoms with van der Waals surface area (Å²) in [6, 6.07) is 13.9. The van der Waals surface area contributed by atoms with E-state index in [1.165, 1.54) is 13.2 Å². The number of rotatable bonds is 4. The lowest BCUT2D eigenvalue weighted by Crippen LogP contribution is -2.53. The average Bonchev–Trinajstić information content (AvgIpc) is 3.23. The molecular formula is C22H21FN2O4. The van der Waals surface area contributed by atoms with Crippen molar-refractivity contribution < 1.29 is 23.5 Å². The maximum Gasteiger partial charge on any atom is 0.331 e. The topological polar surface area (TPSA) is 75.7 Å². The Morgan fingerprint density at radius 3 is 2.38 bits per heavy atom. The van der Waals surface area contributed by atoms with E-state index < -0.39 is 47.0 Å². The number of methoxy groups -OCH3 is 1. The molecule has 6 nitrogen and oxygen atoms in total. The largest absolute Gasteiger partial charge is 0.467 e. The predicted molar refractivity (Wildman–Crippen MR) is 102 cm³/mol. The summed E-state index contributed by atoms with van der Waals surface area (Å²) in [5.74, 6) is -4.01. The second-order valence-corrected chi connectivity index (χ2v) is 7.23. The molecular weight excluding hydrogens is 375 g/mol. The molecule has 0 unspecified atom stereocenters. The molecule has 2 aromatic rings. The van der Waals surface area contributed by atoms with E-state index in [4.69, 9.17) is 4.74 Å². The molecule has 2 saturated heterocycles. The van der Waals surface area contributed by atoms with Crippen molar-refractivity contribution in [2.24, 2.45) is 11.8 Å². The molecule has 2 aliphatic heterocycles. The Morgan fingerprint density at radius 1 is 1.10 bits per heavy atom. The molecule has 1 N–H and O–H groups in total. The SMILES string of the molecule is CCN1C(=O)[C@@H]2[C@H](c3ccccc3F)N[C@@](C(=O)OC)(c3ccccc3)[C@H]2C1=O. The fourth-order valence-corrected chi connectivity index (χ4v) is 4.71. The van der Waals surface area contributed by atoms with Crippen LogP contribution in [0.3, 0.4) is 0 Å². The van der Waals surface area contributed by atoms with Crippen LogP contribution in [-0.2, 0) is 24.7 Å². The maximum atomic E-state index is 14.7. The van der Waals surface area contributed by atoms with Gasteiger partial charge in [0.25, 0.3) is 0 Å². The highest BCUT2D eigenvalue weighted by molar-refractivity contribution is 6.09. The number of benzene rings is 2. The summed E-state index contributed by atoms with van der Waals surface area (Å²) in [6.07, 6.45) is 0. The number of halogens is 1. The first-order valence-electron chi connectivity index (χ1n) is 9.48. The smallest absolute Gasteiger partial charge is 0.331 e. The van der Waals surface area contributed by atoms with E-state index in [1.54, 1.807) is 55.5 Å². The van der Waals surface area contributed by atoms with Crippen molar-refractivity contribution in [3.8, 4) is 0 Å². The Morgan fingerprint density at radius 2 is 1.76 bits per heavy atom. The molecule has 0 aliphatic carbocycles. The number of amides is 2. The lowest BCUT2D eigenvalue weighted by molar-refractivity contribution is -0.154. The molecule has 2 amide bonds. The van der Waals surface area contributed by atoms with Crippen LogP contribution in [0.4, 0.5) is 4.39 Å². The van der Waals surface area contributed by atoms with Crippen LogP contribution in [-0.4, -0.2) is 36.3 Å². The number of likely N-dealkylation sites (tertiary alicyclic amines) is 1. The Labute approximate surface area is 167 Å². The van der Waals surface area contributed by atoms with Gasteiger partial charge in [0, 0.05) is 18.2 Å². The number of carbonyl (C=O) groups is 3. The quantitative estimate of drug-likeness (QED) is 0.633. The molecule has 0 bridgehead atoms. The number of esters is 1. The zero-order chi connectivity index (χ0) is 20.8. The van der Waals surface area contributed by atoms with Gasteiger partial charge in [-0.05, 0) is 18.6 Å². The maximum absolute atomic E-state index is 14.7. The van der Waals surface area contributed by atoms with Crippen molar-refractivity contribution in [2.45, 2.75) is 18.5 Å². The van der Waals surface area contributed by atoms with Crippen LogP contribution < -0.4 is 5.32 Å². The number of fused-ring (bicyclic) bond motifs is 1. The monoisotopic (exact) mass is 396 g/mol. The van der Waals surface area contributed by atoms with Crippen LogP contribution in [0.5, 0.6) is 0 Å². The number of ether oxygens (including phenoxy) is 1. The zero-order valence-corrected chi connectivity index (χ0v) is 16.1. The molecule has 0 saturated carbocycles. The molecule has 150 valence electrons. The second-order valence-electron chi connectivity index (χ2n) is 7.23. The van der Waals surface area contributed by atoms with Gasteiger partial charge in [-0.1, -0.05) is 48.5 Å². The minimum absolute atomic E-state index is 0.181. The minimum atomic E-state index is -1.59. The average molecular weight is 396 g/mol. The van der Waals surface area contributed by atoms with Crippen molar-refractivity contribution >= 4 is 17.8 Å². The first-order chi connectivity index (χ1) is 14.0. The Hall–Kier alpha value is -3.06. The Bertz CT molecular complexity index is 980. The summed E-state index contributed by atoms with van der Waals surface area (Å²) in [5, 5.41) is 3.15. The number of hydrogen-bond donors (Lipinski definition) is 1. The van der Waals surface area contributed by atoms with Gasteiger partial charge in [-0.25, -0.2) is 9.18 Å². The highest BCUT2D eigenvalue weighted by Crippen LogP contribution is 2.53. The minimum Gasteiger partial charge on any atom is -0.467 e. The number of nitrogens with zero attached hydrogens (tertiary/aromatic N) is 1. The van der Waals surface area contributed by atoms with Gasteiger partial charge in [0.1, 0.15) is 5.82 Å². The molecule has 7 heteroatoms. The van der Waals surface area contributed by atoms with Gasteiger partial charge >= 0.3 is 5.97 Å². The second kappa shape index (κ2) is 7.08. The highest BCUT2D eigenvalue weighted by atomic mass is 19.1. The van der Waals surface area contributed by atoms with E-state index >= 15 is 0 Å². The standard InChI is InChI=1S/C22H21FN2O4/c1-3-25-19(26)16-17(20(25)27)22(21(28)29-2,13-9-5-4-6-10-13)24-18(16)14-11-7-8-12-15(14)23/h4-12,16-18,24H,3H2,1-2H3/t16-,17+,18-,22-/m0/s1. The third kappa shape index (κ3) is 2.61. The summed E-state index contributed by atoms with van der Waals surface area (Å²) in [7, 11) is 1.24. The predicted octanol–water partition coefficient (Wildman–Crippen LogP) is 2.16. The molecule has 4 atom stereocenters. The molecule has 2 aromatic carbocycles. The van der Waals surface area contributed by atoms with Crippen molar-refractivity contribution in [3.63, 3.8) is 0 Å². The van der Waals surface area contributed by atoms with Gasteiger partial charge in [0.2, 0.25) is 11.8 Å². The molecule has 2 fully saturated rings. The molecule has 0 spiro atoms. The summed E-state index contributed by atoms with van der Waals surface area (Å²) in [4.78, 5) is 40.7. The molecule has 2 aliphatic rings. The van der Waals surface area contributed by atoms with Crippen LogP contribution in [0.25, 0.3) is 0 Å². The van der Waals surface area contributed by atoms with Gasteiger partial charge in [0.05, 0.1) is 18.9 Å². The molecule has 0 radical (unpaired) electrons. The molecule has 29 heavy (non-hydrogen) atoms. The lowest BCUT2D eigenvalue weighted by Gasteiger charge is -2.32. The van der Waals surface area contributed by atoms with Crippen molar-refractivity contribution in [1.29, 1.82) is 0 Å². The van der Waals surface area contributed by atoms with Gasteiger partial charge in [-0.2, -0.15) is 0 Å². The van der Waals surface area contributed by atoms with Crippen molar-refractivity contribution in [2.75, 3.05) is 13.7 Å². The van der Waals surface area contributed by atoms with Gasteiger partial charge < -0.3 is 4.74 Å². The van der Waals surface area contributed by atoms with E-state index in [2.05, 4.69) is 5.32 Å². The summed E-state index contributed by atoms with van der Waals surface area (Å²) < 4.78 is 19.8. The first-order valence-corrected chi connectivity index (χ1v) is 9.48. The van der Waals surface area contributed by atoms with Crippen LogP contribution in [0.1, 0.15) is 24.1 Å². The first kappa shape index (κ1) is 19.3. The third-order valence-electron chi connectivity index (χ3n) is 5.94. The van der Waals surface area contributed by atoms with E-state index in [-0.39, 0.29) is 12.1 Å². The fourth-order valence-electron chi connectivity index (χ4n) is 4.71. The van der Waals surface area contributed by atoms with Gasteiger partial charge in [-0.3, -0.25) is 19.8 Å². The highest BCUT2D eigenvalue weighted by Gasteiger charge is 2.69. The van der Waals surface area contributed by atoms with Crippen LogP contribution >= 0.6 is 0 Å². The van der Waals surface area contributed by atoms with Crippen LogP contribution in [0.15, 0.2) is 54.6 Å². The Kier molecular flexibility index (Phi) is 4.70. The molecule has 2 heterocycles. The van der Waals surface area contributed by atoms with Crippen molar-refractivity contribution in [1.82, 2.24) is 10.2 Å². The normalized spacial score (nSPS) is 28.5. The van der Waals surface area contributed by atoms with Crippen LogP contribution in [0.2, 0.25) is 0 Å². The number of imide groups is 1. The molecule has 4 rings (SSSR count). The van der Waals surface area contributed by atoms with E-state index in [1.807, 2.05) is 0 Å². The lowest BCUT2D eigenvalue weighted by atomic mass is 9.75. The van der Waals surface area contributed by atoms with Crippen LogP contribution in [0, 0.1) is 17.7 Å². The fraction of sp³-hybridized carbons (Fsp3) is 0.318. The Balaban J connectivity index is 1.97.